The van der Waals surface area contributed by atoms with E-state index in [1.165, 1.54) is 12.1 Å². The van der Waals surface area contributed by atoms with E-state index in [9.17, 15) is 9.18 Å². The molecule has 0 unspecified atom stereocenters. The summed E-state index contributed by atoms with van der Waals surface area (Å²) in [7, 11) is 0. The molecule has 3 aromatic carbocycles. The first kappa shape index (κ1) is 15.9. The molecule has 1 amide bonds. The molecule has 3 aromatic rings. The monoisotopic (exact) mass is 319 g/mol. The number of benzene rings is 3. The Labute approximate surface area is 141 Å². The van der Waals surface area contributed by atoms with Crippen molar-refractivity contribution >= 4 is 5.91 Å². The SMILES string of the molecule is C[C@H](NC(=O)c1ccccc1-c1ccccc1)c1ccc(F)cc1. The smallest absolute Gasteiger partial charge is 0.252 e. The third-order valence-corrected chi connectivity index (χ3v) is 3.97. The Morgan fingerprint density at radius 1 is 0.875 bits per heavy atom. The summed E-state index contributed by atoms with van der Waals surface area (Å²) in [5.41, 5.74) is 3.37. The topological polar surface area (TPSA) is 29.1 Å². The molecule has 24 heavy (non-hydrogen) atoms. The van der Waals surface area contributed by atoms with Crippen molar-refractivity contribution in [1.82, 2.24) is 5.32 Å². The van der Waals surface area contributed by atoms with Crippen molar-refractivity contribution in [3.63, 3.8) is 0 Å². The van der Waals surface area contributed by atoms with Gasteiger partial charge in [0, 0.05) is 5.56 Å². The zero-order chi connectivity index (χ0) is 16.9. The van der Waals surface area contributed by atoms with Crippen LogP contribution in [0.2, 0.25) is 0 Å². The fraction of sp³-hybridized carbons (Fsp3) is 0.0952. The van der Waals surface area contributed by atoms with Gasteiger partial charge in [-0.1, -0.05) is 60.7 Å². The van der Waals surface area contributed by atoms with E-state index in [1.54, 1.807) is 12.1 Å². The van der Waals surface area contributed by atoms with E-state index in [4.69, 9.17) is 0 Å². The lowest BCUT2D eigenvalue weighted by Gasteiger charge is -2.16. The molecule has 1 N–H and O–H groups in total. The van der Waals surface area contributed by atoms with Gasteiger partial charge in [0.15, 0.2) is 0 Å². The van der Waals surface area contributed by atoms with Gasteiger partial charge in [-0.25, -0.2) is 4.39 Å². The second kappa shape index (κ2) is 7.09. The van der Waals surface area contributed by atoms with Crippen molar-refractivity contribution in [2.45, 2.75) is 13.0 Å². The minimum absolute atomic E-state index is 0.147. The largest absolute Gasteiger partial charge is 0.345 e. The van der Waals surface area contributed by atoms with Gasteiger partial charge in [0.05, 0.1) is 6.04 Å². The predicted octanol–water partition coefficient (Wildman–Crippen LogP) is 4.98. The van der Waals surface area contributed by atoms with E-state index >= 15 is 0 Å². The van der Waals surface area contributed by atoms with Crippen LogP contribution >= 0.6 is 0 Å². The number of hydrogen-bond donors (Lipinski definition) is 1. The summed E-state index contributed by atoms with van der Waals surface area (Å²) in [5.74, 6) is -0.432. The third kappa shape index (κ3) is 3.51. The van der Waals surface area contributed by atoms with Crippen LogP contribution in [-0.4, -0.2) is 5.91 Å². The molecule has 0 saturated heterocycles. The predicted molar refractivity (Wildman–Crippen MR) is 94.2 cm³/mol. The maximum absolute atomic E-state index is 13.0. The fourth-order valence-corrected chi connectivity index (χ4v) is 2.66. The van der Waals surface area contributed by atoms with Crippen LogP contribution in [0.4, 0.5) is 4.39 Å². The zero-order valence-electron chi connectivity index (χ0n) is 13.4. The van der Waals surface area contributed by atoms with Gasteiger partial charge in [0.25, 0.3) is 5.91 Å². The zero-order valence-corrected chi connectivity index (χ0v) is 13.4. The highest BCUT2D eigenvalue weighted by atomic mass is 19.1. The molecule has 3 heteroatoms. The lowest BCUT2D eigenvalue weighted by molar-refractivity contribution is 0.0940. The minimum atomic E-state index is -0.285. The average molecular weight is 319 g/mol. The molecule has 0 bridgehead atoms. The molecular weight excluding hydrogens is 301 g/mol. The van der Waals surface area contributed by atoms with Crippen molar-refractivity contribution in [1.29, 1.82) is 0 Å². The van der Waals surface area contributed by atoms with Crippen molar-refractivity contribution < 1.29 is 9.18 Å². The summed E-state index contributed by atoms with van der Waals surface area (Å²) < 4.78 is 13.0. The van der Waals surface area contributed by atoms with Gasteiger partial charge in [-0.3, -0.25) is 4.79 Å². The van der Waals surface area contributed by atoms with Gasteiger partial charge in [-0.15, -0.1) is 0 Å². The van der Waals surface area contributed by atoms with Gasteiger partial charge in [-0.05, 0) is 41.8 Å². The molecule has 0 aliphatic rings. The summed E-state index contributed by atoms with van der Waals surface area (Å²) in [6.07, 6.45) is 0. The van der Waals surface area contributed by atoms with Gasteiger partial charge < -0.3 is 5.32 Å². The third-order valence-electron chi connectivity index (χ3n) is 3.97. The summed E-state index contributed by atoms with van der Waals surface area (Å²) in [5, 5.41) is 2.98. The molecular formula is C21H18FNO. The minimum Gasteiger partial charge on any atom is -0.345 e. The van der Waals surface area contributed by atoms with E-state index in [0.29, 0.717) is 5.56 Å². The Bertz CT molecular complexity index is 828. The first-order chi connectivity index (χ1) is 11.6. The molecule has 0 aliphatic heterocycles. The molecule has 0 heterocycles. The molecule has 0 radical (unpaired) electrons. The number of hydrogen-bond acceptors (Lipinski definition) is 1. The number of carbonyl (C=O) groups is 1. The van der Waals surface area contributed by atoms with Gasteiger partial charge in [0.1, 0.15) is 5.82 Å². The maximum Gasteiger partial charge on any atom is 0.252 e. The Morgan fingerprint density at radius 2 is 1.50 bits per heavy atom. The number of carbonyl (C=O) groups excluding carboxylic acids is 1. The number of rotatable bonds is 4. The van der Waals surface area contributed by atoms with E-state index in [0.717, 1.165) is 16.7 Å². The number of halogens is 1. The Morgan fingerprint density at radius 3 is 2.21 bits per heavy atom. The van der Waals surface area contributed by atoms with Crippen molar-refractivity contribution in [3.05, 3.63) is 95.8 Å². The van der Waals surface area contributed by atoms with Gasteiger partial charge in [0.2, 0.25) is 0 Å². The highest BCUT2D eigenvalue weighted by Gasteiger charge is 2.15. The first-order valence-electron chi connectivity index (χ1n) is 7.86. The highest BCUT2D eigenvalue weighted by Crippen LogP contribution is 2.24. The lowest BCUT2D eigenvalue weighted by atomic mass is 9.98. The lowest BCUT2D eigenvalue weighted by Crippen LogP contribution is -2.27. The Balaban J connectivity index is 1.84. The quantitative estimate of drug-likeness (QED) is 0.721. The van der Waals surface area contributed by atoms with E-state index in [-0.39, 0.29) is 17.8 Å². The van der Waals surface area contributed by atoms with Crippen LogP contribution in [0.1, 0.15) is 28.9 Å². The van der Waals surface area contributed by atoms with E-state index in [2.05, 4.69) is 5.32 Å². The molecule has 0 saturated carbocycles. The Kier molecular flexibility index (Phi) is 4.71. The van der Waals surface area contributed by atoms with Crippen LogP contribution in [0.25, 0.3) is 11.1 Å². The van der Waals surface area contributed by atoms with E-state index < -0.39 is 0 Å². The summed E-state index contributed by atoms with van der Waals surface area (Å²) in [6, 6.07) is 23.3. The molecule has 0 aromatic heterocycles. The highest BCUT2D eigenvalue weighted by molar-refractivity contribution is 6.01. The van der Waals surface area contributed by atoms with Crippen LogP contribution in [0.5, 0.6) is 0 Å². The Hall–Kier alpha value is -2.94. The second-order valence-electron chi connectivity index (χ2n) is 5.66. The maximum atomic E-state index is 13.0. The average Bonchev–Trinajstić information content (AvgIpc) is 2.63. The second-order valence-corrected chi connectivity index (χ2v) is 5.66. The molecule has 0 aliphatic carbocycles. The first-order valence-corrected chi connectivity index (χ1v) is 7.86. The molecule has 0 fully saturated rings. The van der Waals surface area contributed by atoms with Gasteiger partial charge in [-0.2, -0.15) is 0 Å². The molecule has 2 nitrogen and oxygen atoms in total. The summed E-state index contributed by atoms with van der Waals surface area (Å²) >= 11 is 0. The number of nitrogens with one attached hydrogen (secondary N) is 1. The summed E-state index contributed by atoms with van der Waals surface area (Å²) in [6.45, 7) is 1.89. The van der Waals surface area contributed by atoms with Crippen LogP contribution in [0.15, 0.2) is 78.9 Å². The normalized spacial score (nSPS) is 11.8. The van der Waals surface area contributed by atoms with Crippen LogP contribution in [0, 0.1) is 5.82 Å². The van der Waals surface area contributed by atoms with Crippen LogP contribution in [0.3, 0.4) is 0 Å². The van der Waals surface area contributed by atoms with Crippen molar-refractivity contribution in [2.24, 2.45) is 0 Å². The van der Waals surface area contributed by atoms with Crippen LogP contribution < -0.4 is 5.32 Å². The molecule has 1 atom stereocenters. The molecule has 120 valence electrons. The van der Waals surface area contributed by atoms with Crippen molar-refractivity contribution in [3.8, 4) is 11.1 Å². The standard InChI is InChI=1S/C21H18FNO/c1-15(16-11-13-18(22)14-12-16)23-21(24)20-10-6-5-9-19(20)17-7-3-2-4-8-17/h2-15H,1H3,(H,23,24)/t15-/m0/s1. The molecule has 0 spiro atoms. The number of amides is 1. The fourth-order valence-electron chi connectivity index (χ4n) is 2.66. The van der Waals surface area contributed by atoms with E-state index in [1.807, 2.05) is 61.5 Å². The summed E-state index contributed by atoms with van der Waals surface area (Å²) in [4.78, 5) is 12.7. The van der Waals surface area contributed by atoms with Crippen molar-refractivity contribution in [2.75, 3.05) is 0 Å². The van der Waals surface area contributed by atoms with Crippen LogP contribution in [-0.2, 0) is 0 Å². The van der Waals surface area contributed by atoms with Gasteiger partial charge >= 0.3 is 0 Å². The molecule has 3 rings (SSSR count).